The minimum Gasteiger partial charge on any atom is -0.437 e. The standard InChI is InChI=1S/C23H23N3O3S3/c1-15-25-18(14-30-15)20-11-12-21(31-20)32(27,28)26-17-9-7-13-24-22(17)29-19-10-6-5-8-16(19)23(2,3)4/h5-14,26H,1-4H3. The van der Waals surface area contributed by atoms with Gasteiger partial charge < -0.3 is 4.74 Å². The van der Waals surface area contributed by atoms with Crippen LogP contribution in [0.25, 0.3) is 10.6 Å². The molecule has 0 fully saturated rings. The van der Waals surface area contributed by atoms with Crippen LogP contribution in [0.3, 0.4) is 0 Å². The van der Waals surface area contributed by atoms with E-state index in [4.69, 9.17) is 4.74 Å². The van der Waals surface area contributed by atoms with Gasteiger partial charge in [0.25, 0.3) is 10.0 Å². The second kappa shape index (κ2) is 8.65. The molecule has 0 aliphatic carbocycles. The van der Waals surface area contributed by atoms with Crippen molar-refractivity contribution in [3.8, 4) is 22.2 Å². The topological polar surface area (TPSA) is 81.2 Å². The van der Waals surface area contributed by atoms with Crippen LogP contribution in [0, 0.1) is 6.92 Å². The van der Waals surface area contributed by atoms with Crippen molar-refractivity contribution in [2.24, 2.45) is 0 Å². The molecule has 166 valence electrons. The van der Waals surface area contributed by atoms with Crippen molar-refractivity contribution in [3.63, 3.8) is 0 Å². The van der Waals surface area contributed by atoms with Gasteiger partial charge in [-0.3, -0.25) is 4.72 Å². The van der Waals surface area contributed by atoms with Crippen LogP contribution in [0.2, 0.25) is 0 Å². The van der Waals surface area contributed by atoms with E-state index in [1.165, 1.54) is 22.7 Å². The summed E-state index contributed by atoms with van der Waals surface area (Å²) in [5.74, 6) is 0.830. The quantitative estimate of drug-likeness (QED) is 0.339. The van der Waals surface area contributed by atoms with E-state index in [1.54, 1.807) is 30.5 Å². The first kappa shape index (κ1) is 22.4. The molecule has 0 spiro atoms. The Kier molecular flexibility index (Phi) is 6.07. The van der Waals surface area contributed by atoms with Crippen molar-refractivity contribution < 1.29 is 13.2 Å². The number of para-hydroxylation sites is 1. The fourth-order valence-corrected chi connectivity index (χ4v) is 6.11. The molecular formula is C23H23N3O3S3. The Morgan fingerprint density at radius 3 is 2.53 bits per heavy atom. The number of hydrogen-bond donors (Lipinski definition) is 1. The average Bonchev–Trinajstić information content (AvgIpc) is 3.38. The summed E-state index contributed by atoms with van der Waals surface area (Å²) in [7, 11) is -3.82. The summed E-state index contributed by atoms with van der Waals surface area (Å²) in [5.41, 5.74) is 1.91. The lowest BCUT2D eigenvalue weighted by Gasteiger charge is -2.22. The number of rotatable bonds is 6. The molecule has 32 heavy (non-hydrogen) atoms. The summed E-state index contributed by atoms with van der Waals surface area (Å²) >= 11 is 2.70. The number of nitrogens with zero attached hydrogens (tertiary/aromatic N) is 2. The van der Waals surface area contributed by atoms with E-state index in [0.717, 1.165) is 21.1 Å². The Bertz CT molecular complexity index is 1350. The summed E-state index contributed by atoms with van der Waals surface area (Å²) in [6.45, 7) is 8.20. The molecule has 0 saturated carbocycles. The average molecular weight is 486 g/mol. The summed E-state index contributed by atoms with van der Waals surface area (Å²) in [4.78, 5) is 9.51. The molecule has 0 aliphatic rings. The fraction of sp³-hybridized carbons (Fsp3) is 0.217. The van der Waals surface area contributed by atoms with Gasteiger partial charge in [-0.05, 0) is 42.7 Å². The Hall–Kier alpha value is -2.75. The molecule has 4 aromatic rings. The smallest absolute Gasteiger partial charge is 0.271 e. The van der Waals surface area contributed by atoms with Gasteiger partial charge in [0.15, 0.2) is 0 Å². The number of ether oxygens (including phenoxy) is 1. The summed E-state index contributed by atoms with van der Waals surface area (Å²) in [6, 6.07) is 14.3. The monoisotopic (exact) mass is 485 g/mol. The second-order valence-corrected chi connectivity index (χ2v) is 12.2. The number of sulfonamides is 1. The van der Waals surface area contributed by atoms with Gasteiger partial charge in [0, 0.05) is 17.1 Å². The number of aromatic nitrogens is 2. The molecular weight excluding hydrogens is 462 g/mol. The van der Waals surface area contributed by atoms with Crippen molar-refractivity contribution >= 4 is 38.4 Å². The number of thiophene rings is 1. The first-order valence-corrected chi connectivity index (χ1v) is 13.1. The molecule has 0 saturated heterocycles. The lowest BCUT2D eigenvalue weighted by molar-refractivity contribution is 0.442. The fourth-order valence-electron chi connectivity index (χ4n) is 3.10. The number of benzene rings is 1. The van der Waals surface area contributed by atoms with E-state index in [9.17, 15) is 8.42 Å². The summed E-state index contributed by atoms with van der Waals surface area (Å²) in [6.07, 6.45) is 1.57. The third-order valence-corrected chi connectivity index (χ3v) is 8.37. The van der Waals surface area contributed by atoms with E-state index < -0.39 is 10.0 Å². The molecule has 0 radical (unpaired) electrons. The van der Waals surface area contributed by atoms with Crippen molar-refractivity contribution in [2.75, 3.05) is 4.72 Å². The normalized spacial score (nSPS) is 12.0. The second-order valence-electron chi connectivity index (χ2n) is 8.18. The zero-order chi connectivity index (χ0) is 22.9. The van der Waals surface area contributed by atoms with Crippen molar-refractivity contribution in [1.29, 1.82) is 0 Å². The first-order valence-electron chi connectivity index (χ1n) is 9.91. The predicted octanol–water partition coefficient (Wildman–Crippen LogP) is 6.47. The minimum atomic E-state index is -3.82. The van der Waals surface area contributed by atoms with Crippen molar-refractivity contribution in [3.05, 3.63) is 70.7 Å². The van der Waals surface area contributed by atoms with Crippen LogP contribution in [0.15, 0.2) is 64.3 Å². The van der Waals surface area contributed by atoms with E-state index >= 15 is 0 Å². The highest BCUT2D eigenvalue weighted by atomic mass is 32.2. The molecule has 1 aromatic carbocycles. The maximum atomic E-state index is 13.1. The Balaban J connectivity index is 1.62. The van der Waals surface area contributed by atoms with Gasteiger partial charge in [-0.1, -0.05) is 39.0 Å². The Morgan fingerprint density at radius 2 is 1.81 bits per heavy atom. The number of nitrogens with one attached hydrogen (secondary N) is 1. The van der Waals surface area contributed by atoms with Gasteiger partial charge in [0.1, 0.15) is 15.6 Å². The molecule has 9 heteroatoms. The Morgan fingerprint density at radius 1 is 1.03 bits per heavy atom. The highest BCUT2D eigenvalue weighted by Crippen LogP contribution is 2.37. The number of hydrogen-bond acceptors (Lipinski definition) is 7. The SMILES string of the molecule is Cc1nc(-c2ccc(S(=O)(=O)Nc3cccnc3Oc3ccccc3C(C)(C)C)s2)cs1. The number of aryl methyl sites for hydroxylation is 1. The Labute approximate surface area is 196 Å². The molecule has 6 nitrogen and oxygen atoms in total. The van der Waals surface area contributed by atoms with Crippen molar-refractivity contribution in [1.82, 2.24) is 9.97 Å². The number of thiazole rings is 1. The van der Waals surface area contributed by atoms with E-state index in [1.807, 2.05) is 36.6 Å². The molecule has 0 unspecified atom stereocenters. The maximum Gasteiger partial charge on any atom is 0.271 e. The molecule has 1 N–H and O–H groups in total. The number of anilines is 1. The molecule has 0 amide bonds. The lowest BCUT2D eigenvalue weighted by Crippen LogP contribution is -2.14. The molecule has 0 atom stereocenters. The maximum absolute atomic E-state index is 13.1. The van der Waals surface area contributed by atoms with Crippen LogP contribution >= 0.6 is 22.7 Å². The van der Waals surface area contributed by atoms with Crippen LogP contribution in [0.5, 0.6) is 11.6 Å². The third kappa shape index (κ3) is 4.85. The zero-order valence-electron chi connectivity index (χ0n) is 18.1. The molecule has 3 aromatic heterocycles. The largest absolute Gasteiger partial charge is 0.437 e. The van der Waals surface area contributed by atoms with Crippen LogP contribution in [-0.2, 0) is 15.4 Å². The van der Waals surface area contributed by atoms with Crippen LogP contribution in [0.1, 0.15) is 31.3 Å². The van der Waals surface area contributed by atoms with E-state index in [2.05, 4.69) is 35.5 Å². The van der Waals surface area contributed by atoms with Gasteiger partial charge in [0.2, 0.25) is 5.88 Å². The molecule has 0 bridgehead atoms. The minimum absolute atomic E-state index is 0.146. The molecule has 3 heterocycles. The number of pyridine rings is 1. The van der Waals surface area contributed by atoms with Crippen molar-refractivity contribution in [2.45, 2.75) is 37.3 Å². The highest BCUT2D eigenvalue weighted by molar-refractivity contribution is 7.94. The van der Waals surface area contributed by atoms with Gasteiger partial charge >= 0.3 is 0 Å². The zero-order valence-corrected chi connectivity index (χ0v) is 20.6. The lowest BCUT2D eigenvalue weighted by atomic mass is 9.86. The molecule has 0 aliphatic heterocycles. The predicted molar refractivity (Wildman–Crippen MR) is 130 cm³/mol. The van der Waals surface area contributed by atoms with Gasteiger partial charge in [0.05, 0.1) is 15.6 Å². The first-order chi connectivity index (χ1) is 15.1. The summed E-state index contributed by atoms with van der Waals surface area (Å²) in [5, 5.41) is 2.86. The van der Waals surface area contributed by atoms with Crippen LogP contribution in [-0.4, -0.2) is 18.4 Å². The third-order valence-electron chi connectivity index (χ3n) is 4.63. The summed E-state index contributed by atoms with van der Waals surface area (Å²) < 4.78 is 35.1. The van der Waals surface area contributed by atoms with Gasteiger partial charge in [-0.25, -0.2) is 18.4 Å². The van der Waals surface area contributed by atoms with Gasteiger partial charge in [-0.2, -0.15) is 0 Å². The van der Waals surface area contributed by atoms with Crippen LogP contribution < -0.4 is 9.46 Å². The molecule has 4 rings (SSSR count). The van der Waals surface area contributed by atoms with Gasteiger partial charge in [-0.15, -0.1) is 22.7 Å². The van der Waals surface area contributed by atoms with E-state index in [-0.39, 0.29) is 21.2 Å². The highest BCUT2D eigenvalue weighted by Gasteiger charge is 2.23. The van der Waals surface area contributed by atoms with E-state index in [0.29, 0.717) is 5.75 Å². The van der Waals surface area contributed by atoms with Crippen LogP contribution in [0.4, 0.5) is 5.69 Å².